The van der Waals surface area contributed by atoms with Gasteiger partial charge in [0.05, 0.1) is 0 Å². The third kappa shape index (κ3) is 22.4. The molecule has 6 nitrogen and oxygen atoms in total. The summed E-state index contributed by atoms with van der Waals surface area (Å²) in [5.41, 5.74) is 0. The van der Waals surface area contributed by atoms with Crippen molar-refractivity contribution in [3.63, 3.8) is 0 Å². The number of carboxylic acids is 2. The van der Waals surface area contributed by atoms with Gasteiger partial charge in [0.15, 0.2) is 5.92 Å². The van der Waals surface area contributed by atoms with Crippen LogP contribution in [0.4, 0.5) is 0 Å². The molecule has 0 bridgehead atoms. The van der Waals surface area contributed by atoms with Crippen LogP contribution in [0.25, 0.3) is 0 Å². The first-order valence-electron chi connectivity index (χ1n) is 4.01. The summed E-state index contributed by atoms with van der Waals surface area (Å²) in [7, 11) is 7.50. The molecule has 6 heteroatoms. The lowest BCUT2D eigenvalue weighted by molar-refractivity contribution is -0.153. The Morgan fingerprint density at radius 1 is 0.929 bits per heavy atom. The summed E-state index contributed by atoms with van der Waals surface area (Å²) >= 11 is 0. The van der Waals surface area contributed by atoms with Crippen LogP contribution < -0.4 is 10.6 Å². The van der Waals surface area contributed by atoms with E-state index < -0.39 is 17.9 Å². The minimum absolute atomic E-state index is 1.12. The topological polar surface area (TPSA) is 98.7 Å². The lowest BCUT2D eigenvalue weighted by atomic mass is 10.2. The van der Waals surface area contributed by atoms with Crippen LogP contribution in [-0.4, -0.2) is 50.3 Å². The van der Waals surface area contributed by atoms with Gasteiger partial charge in [0.1, 0.15) is 0 Å². The molecule has 0 spiro atoms. The Morgan fingerprint density at radius 3 is 1.07 bits per heavy atom. The molecule has 0 aromatic heterocycles. The van der Waals surface area contributed by atoms with E-state index in [1.165, 1.54) is 0 Å². The number of carbonyl (C=O) groups is 2. The highest BCUT2D eigenvalue weighted by atomic mass is 16.4. The highest BCUT2D eigenvalue weighted by Crippen LogP contribution is 1.91. The molecule has 0 aromatic carbocycles. The second-order valence-electron chi connectivity index (χ2n) is 2.40. The summed E-state index contributed by atoms with van der Waals surface area (Å²) in [6.45, 7) is 1.12. The maximum absolute atomic E-state index is 9.76. The highest BCUT2D eigenvalue weighted by Gasteiger charge is 2.18. The molecule has 0 aliphatic heterocycles. The van der Waals surface area contributed by atoms with Crippen molar-refractivity contribution in [2.75, 3.05) is 28.2 Å². The fraction of sp³-hybridized carbons (Fsp3) is 0.750. The Kier molecular flexibility index (Phi) is 19.1. The number of nitrogens with one attached hydrogen (secondary N) is 2. The third-order valence-electron chi connectivity index (χ3n) is 0.741. The van der Waals surface area contributed by atoms with Gasteiger partial charge in [0.25, 0.3) is 0 Å². The summed E-state index contributed by atoms with van der Waals surface area (Å²) in [5, 5.41) is 21.4. The highest BCUT2D eigenvalue weighted by molar-refractivity contribution is 5.92. The molecule has 0 heterocycles. The smallest absolute Gasteiger partial charge is 0.317 e. The van der Waals surface area contributed by atoms with Crippen LogP contribution in [0.2, 0.25) is 0 Å². The van der Waals surface area contributed by atoms with Gasteiger partial charge in [0.2, 0.25) is 0 Å². The molecule has 0 saturated carbocycles. The van der Waals surface area contributed by atoms with Gasteiger partial charge in [-0.15, -0.1) is 0 Å². The molecule has 0 unspecified atom stereocenters. The average Bonchev–Trinajstić information content (AvgIpc) is 2.05. The summed E-state index contributed by atoms with van der Waals surface area (Å²) in [6.07, 6.45) is 0. The second-order valence-corrected chi connectivity index (χ2v) is 2.40. The normalized spacial score (nSPS) is 7.86. The van der Waals surface area contributed by atoms with Crippen molar-refractivity contribution in [1.29, 1.82) is 0 Å². The molecule has 0 radical (unpaired) electrons. The van der Waals surface area contributed by atoms with Crippen LogP contribution in [0.3, 0.4) is 0 Å². The van der Waals surface area contributed by atoms with E-state index >= 15 is 0 Å². The predicted molar refractivity (Wildman–Crippen MR) is 54.4 cm³/mol. The lowest BCUT2D eigenvalue weighted by Gasteiger charge is -1.94. The van der Waals surface area contributed by atoms with E-state index in [2.05, 4.69) is 10.6 Å². The van der Waals surface area contributed by atoms with Crippen molar-refractivity contribution in [2.45, 2.75) is 6.92 Å². The van der Waals surface area contributed by atoms with Gasteiger partial charge < -0.3 is 20.8 Å². The maximum atomic E-state index is 9.76. The Bertz CT molecular complexity index is 134. The van der Waals surface area contributed by atoms with Gasteiger partial charge in [-0.25, -0.2) is 0 Å². The number of carboxylic acid groups (broad SMARTS) is 2. The van der Waals surface area contributed by atoms with Crippen LogP contribution in [0.15, 0.2) is 0 Å². The standard InChI is InChI=1S/C4H6O4.2C2H7N/c1-2(3(5)6)4(7)8;2*1-3-2/h2H,1H3,(H,5,6)(H,7,8);2*3H,1-2H3. The summed E-state index contributed by atoms with van der Waals surface area (Å²) in [5.74, 6) is -3.91. The van der Waals surface area contributed by atoms with Crippen LogP contribution in [0.1, 0.15) is 6.92 Å². The van der Waals surface area contributed by atoms with Gasteiger partial charge in [-0.3, -0.25) is 9.59 Å². The average molecular weight is 208 g/mol. The van der Waals surface area contributed by atoms with E-state index in [1.54, 1.807) is 0 Å². The fourth-order valence-corrected chi connectivity index (χ4v) is 0.106. The first-order chi connectivity index (χ1) is 6.38. The minimum Gasteiger partial charge on any atom is -0.481 e. The van der Waals surface area contributed by atoms with Gasteiger partial charge in [-0.2, -0.15) is 0 Å². The zero-order valence-corrected chi connectivity index (χ0v) is 9.29. The third-order valence-corrected chi connectivity index (χ3v) is 0.741. The largest absolute Gasteiger partial charge is 0.481 e. The zero-order valence-electron chi connectivity index (χ0n) is 9.29. The lowest BCUT2D eigenvalue weighted by Crippen LogP contribution is -2.19. The first-order valence-corrected chi connectivity index (χ1v) is 4.01. The Hall–Kier alpha value is -1.14. The molecular weight excluding hydrogens is 188 g/mol. The van der Waals surface area contributed by atoms with Crippen molar-refractivity contribution < 1.29 is 19.8 Å². The molecule has 86 valence electrons. The number of hydrogen-bond acceptors (Lipinski definition) is 4. The summed E-state index contributed by atoms with van der Waals surface area (Å²) in [4.78, 5) is 19.5. The number of hydrogen-bond donors (Lipinski definition) is 4. The van der Waals surface area contributed by atoms with Crippen LogP contribution in [-0.2, 0) is 9.59 Å². The van der Waals surface area contributed by atoms with Crippen LogP contribution >= 0.6 is 0 Å². The van der Waals surface area contributed by atoms with Crippen molar-refractivity contribution >= 4 is 11.9 Å². The maximum Gasteiger partial charge on any atom is 0.317 e. The van der Waals surface area contributed by atoms with E-state index in [0.29, 0.717) is 0 Å². The Balaban J connectivity index is -0.000000168. The van der Waals surface area contributed by atoms with E-state index in [0.717, 1.165) is 6.92 Å². The molecule has 0 aromatic rings. The SMILES string of the molecule is CC(C(=O)O)C(=O)O.CNC.CNC. The van der Waals surface area contributed by atoms with Gasteiger partial charge in [-0.1, -0.05) is 0 Å². The number of rotatable bonds is 2. The fourth-order valence-electron chi connectivity index (χ4n) is 0.106. The summed E-state index contributed by atoms with van der Waals surface area (Å²) < 4.78 is 0. The van der Waals surface area contributed by atoms with Crippen LogP contribution in [0, 0.1) is 5.92 Å². The molecular formula is C8H20N2O4. The molecule has 0 aliphatic rings. The molecule has 14 heavy (non-hydrogen) atoms. The first kappa shape index (κ1) is 18.6. The van der Waals surface area contributed by atoms with Crippen molar-refractivity contribution in [3.05, 3.63) is 0 Å². The molecule has 0 fully saturated rings. The monoisotopic (exact) mass is 208 g/mol. The predicted octanol–water partition coefficient (Wildman–Crippen LogP) is -0.537. The Labute approximate surface area is 84.3 Å². The van der Waals surface area contributed by atoms with E-state index in [9.17, 15) is 9.59 Å². The quantitative estimate of drug-likeness (QED) is 0.455. The van der Waals surface area contributed by atoms with Crippen molar-refractivity contribution in [1.82, 2.24) is 10.6 Å². The number of aliphatic carboxylic acids is 2. The van der Waals surface area contributed by atoms with Crippen molar-refractivity contribution in [2.24, 2.45) is 5.92 Å². The molecule has 4 N–H and O–H groups in total. The van der Waals surface area contributed by atoms with Gasteiger partial charge in [0, 0.05) is 0 Å². The second kappa shape index (κ2) is 14.4. The molecule has 0 aliphatic carbocycles. The van der Waals surface area contributed by atoms with Gasteiger partial charge >= 0.3 is 11.9 Å². The minimum atomic E-state index is -1.31. The van der Waals surface area contributed by atoms with E-state index in [1.807, 2.05) is 28.2 Å². The van der Waals surface area contributed by atoms with E-state index in [4.69, 9.17) is 10.2 Å². The molecule has 0 atom stereocenters. The molecule has 0 amide bonds. The van der Waals surface area contributed by atoms with Crippen molar-refractivity contribution in [3.8, 4) is 0 Å². The molecule has 0 rings (SSSR count). The summed E-state index contributed by atoms with van der Waals surface area (Å²) in [6, 6.07) is 0. The van der Waals surface area contributed by atoms with Gasteiger partial charge in [-0.05, 0) is 35.1 Å². The zero-order chi connectivity index (χ0) is 12.1. The molecule has 0 saturated heterocycles. The Morgan fingerprint density at radius 2 is 1.07 bits per heavy atom. The van der Waals surface area contributed by atoms with Crippen LogP contribution in [0.5, 0.6) is 0 Å². The van der Waals surface area contributed by atoms with E-state index in [-0.39, 0.29) is 0 Å².